The summed E-state index contributed by atoms with van der Waals surface area (Å²) < 4.78 is 0. The van der Waals surface area contributed by atoms with Crippen LogP contribution in [0.4, 0.5) is 0 Å². The van der Waals surface area contributed by atoms with Crippen LogP contribution in [0.25, 0.3) is 0 Å². The molecule has 4 aliphatic rings. The molecule has 0 aromatic carbocycles. The molecule has 170 valence electrons. The molecule has 4 rings (SSSR count). The fourth-order valence-electron chi connectivity index (χ4n) is 9.31. The normalized spacial score (nSPS) is 43.8. The van der Waals surface area contributed by atoms with E-state index in [0.717, 1.165) is 42.4 Å². The van der Waals surface area contributed by atoms with Crippen LogP contribution in [0.5, 0.6) is 0 Å². The Kier molecular flexibility index (Phi) is 6.30. The van der Waals surface area contributed by atoms with Gasteiger partial charge in [-0.25, -0.2) is 0 Å². The number of fused-ring (bicyclic) bond motifs is 5. The molecule has 3 nitrogen and oxygen atoms in total. The number of hydrogen-bond acceptors (Lipinski definition) is 3. The topological polar surface area (TPSA) is 57.5 Å². The highest BCUT2D eigenvalue weighted by Crippen LogP contribution is 2.68. The Bertz CT molecular complexity index is 665. The second-order valence-corrected chi connectivity index (χ2v) is 12.0. The van der Waals surface area contributed by atoms with Crippen LogP contribution in [-0.2, 0) is 4.79 Å². The number of carbonyl (C=O) groups excluding carboxylic acids is 1. The quantitative estimate of drug-likeness (QED) is 0.270. The highest BCUT2D eigenvalue weighted by atomic mass is 16.5. The van der Waals surface area contributed by atoms with E-state index in [1.165, 1.54) is 64.2 Å². The van der Waals surface area contributed by atoms with Crippen molar-refractivity contribution in [3.63, 3.8) is 0 Å². The average Bonchev–Trinajstić information content (AvgIpc) is 3.07. The van der Waals surface area contributed by atoms with Crippen LogP contribution < -0.4 is 0 Å². The van der Waals surface area contributed by atoms with E-state index in [0.29, 0.717) is 29.5 Å². The number of rotatable bonds is 6. The predicted molar refractivity (Wildman–Crippen MR) is 121 cm³/mol. The summed E-state index contributed by atoms with van der Waals surface area (Å²) in [4.78, 5) is 11.0. The second-order valence-electron chi connectivity index (χ2n) is 12.0. The number of aliphatic hydroxyl groups excluding tert-OH is 1. The molecule has 3 heteroatoms. The zero-order chi connectivity index (χ0) is 21.5. The van der Waals surface area contributed by atoms with Crippen molar-refractivity contribution in [3.8, 4) is 0 Å². The van der Waals surface area contributed by atoms with E-state index >= 15 is 0 Å². The van der Waals surface area contributed by atoms with Gasteiger partial charge in [0.15, 0.2) is 6.29 Å². The van der Waals surface area contributed by atoms with Crippen LogP contribution in [0.1, 0.15) is 104 Å². The zero-order valence-electron chi connectivity index (χ0n) is 19.5. The van der Waals surface area contributed by atoms with Crippen molar-refractivity contribution in [2.45, 2.75) is 104 Å². The van der Waals surface area contributed by atoms with E-state index in [1.807, 2.05) is 0 Å². The van der Waals surface area contributed by atoms with Gasteiger partial charge in [0.1, 0.15) is 0 Å². The summed E-state index contributed by atoms with van der Waals surface area (Å²) in [7, 11) is 0. The Morgan fingerprint density at radius 3 is 2.47 bits per heavy atom. The van der Waals surface area contributed by atoms with Crippen LogP contribution in [0, 0.1) is 46.3 Å². The van der Waals surface area contributed by atoms with Gasteiger partial charge in [-0.3, -0.25) is 4.79 Å². The second kappa shape index (κ2) is 8.51. The molecule has 4 saturated carbocycles. The molecule has 4 aliphatic carbocycles. The first-order valence-corrected chi connectivity index (χ1v) is 12.9. The van der Waals surface area contributed by atoms with Gasteiger partial charge in [-0.05, 0) is 111 Å². The van der Waals surface area contributed by atoms with Gasteiger partial charge < -0.3 is 10.2 Å². The summed E-state index contributed by atoms with van der Waals surface area (Å²) >= 11 is 0. The number of hydrogen-bond donors (Lipinski definition) is 2. The third-order valence-corrected chi connectivity index (χ3v) is 10.9. The van der Waals surface area contributed by atoms with Crippen molar-refractivity contribution in [2.24, 2.45) is 46.3 Å². The minimum Gasteiger partial charge on any atom is -0.481 e. The van der Waals surface area contributed by atoms with Gasteiger partial charge in [0.2, 0.25) is 0 Å². The lowest BCUT2D eigenvalue weighted by atomic mass is 9.44. The fourth-order valence-corrected chi connectivity index (χ4v) is 9.31. The molecule has 0 spiro atoms. The number of carbonyl (C=O) groups is 1. The highest BCUT2D eigenvalue weighted by molar-refractivity contribution is 5.73. The fraction of sp³-hybridized carbons (Fsp3) is 0.889. The van der Waals surface area contributed by atoms with Gasteiger partial charge in [0.25, 0.3) is 5.95 Å². The molecule has 4 fully saturated rings. The van der Waals surface area contributed by atoms with Gasteiger partial charge >= 0.3 is 0 Å². The monoisotopic (exact) mass is 416 g/mol. The van der Waals surface area contributed by atoms with E-state index in [-0.39, 0.29) is 5.57 Å². The molecular weight excluding hydrogens is 372 g/mol. The van der Waals surface area contributed by atoms with Crippen molar-refractivity contribution in [1.82, 2.24) is 0 Å². The van der Waals surface area contributed by atoms with E-state index in [9.17, 15) is 15.0 Å². The van der Waals surface area contributed by atoms with Crippen molar-refractivity contribution in [3.05, 3.63) is 11.5 Å². The Balaban J connectivity index is 1.42. The Morgan fingerprint density at radius 1 is 0.967 bits per heavy atom. The first-order valence-electron chi connectivity index (χ1n) is 12.9. The lowest BCUT2D eigenvalue weighted by molar-refractivity contribution is -0.114. The number of aliphatic hydroxyl groups is 2. The maximum atomic E-state index is 11.0. The number of aldehydes is 1. The van der Waals surface area contributed by atoms with Gasteiger partial charge in [-0.1, -0.05) is 40.0 Å². The maximum absolute atomic E-state index is 11.0. The van der Waals surface area contributed by atoms with E-state index < -0.39 is 5.95 Å². The van der Waals surface area contributed by atoms with Crippen molar-refractivity contribution < 1.29 is 15.0 Å². The molecule has 0 aromatic rings. The van der Waals surface area contributed by atoms with Gasteiger partial charge in [0, 0.05) is 0 Å². The lowest BCUT2D eigenvalue weighted by Crippen LogP contribution is -2.53. The molecule has 30 heavy (non-hydrogen) atoms. The largest absolute Gasteiger partial charge is 0.481 e. The van der Waals surface area contributed by atoms with Crippen LogP contribution in [-0.4, -0.2) is 16.5 Å². The summed E-state index contributed by atoms with van der Waals surface area (Å²) in [6, 6.07) is 0. The molecule has 0 saturated heterocycles. The minimum absolute atomic E-state index is 0.149. The summed E-state index contributed by atoms with van der Waals surface area (Å²) in [6.07, 6.45) is 17.5. The summed E-state index contributed by atoms with van der Waals surface area (Å²) in [5.74, 6) is 4.47. The smallest absolute Gasteiger partial charge is 0.280 e. The third kappa shape index (κ3) is 3.62. The summed E-state index contributed by atoms with van der Waals surface area (Å²) in [6.45, 7) is 7.70. The van der Waals surface area contributed by atoms with Crippen LogP contribution in [0.15, 0.2) is 11.5 Å². The summed E-state index contributed by atoms with van der Waals surface area (Å²) in [5.41, 5.74) is 1.26. The SMILES string of the molecule is C[C@H](CCCC(C=O)=C(O)O)[C@H]1CC[C@H]2[C@@H]3CCC4CCCC[C@]4(C)[C@H]3CC[C@]12C. The molecule has 0 amide bonds. The van der Waals surface area contributed by atoms with Gasteiger partial charge in [0.05, 0.1) is 5.57 Å². The van der Waals surface area contributed by atoms with Crippen molar-refractivity contribution in [2.75, 3.05) is 0 Å². The van der Waals surface area contributed by atoms with Crippen molar-refractivity contribution >= 4 is 6.29 Å². The Hall–Kier alpha value is -0.990. The number of allylic oxidation sites excluding steroid dienone is 1. The summed E-state index contributed by atoms with van der Waals surface area (Å²) in [5, 5.41) is 18.4. The molecule has 2 N–H and O–H groups in total. The third-order valence-electron chi connectivity index (χ3n) is 10.9. The van der Waals surface area contributed by atoms with E-state index in [1.54, 1.807) is 0 Å². The molecule has 8 atom stereocenters. The molecule has 1 unspecified atom stereocenters. The molecule has 0 bridgehead atoms. The zero-order valence-corrected chi connectivity index (χ0v) is 19.5. The predicted octanol–water partition coefficient (Wildman–Crippen LogP) is 7.37. The van der Waals surface area contributed by atoms with E-state index in [2.05, 4.69) is 20.8 Å². The molecular formula is C27H44O3. The highest BCUT2D eigenvalue weighted by Gasteiger charge is 2.59. The molecule has 0 heterocycles. The van der Waals surface area contributed by atoms with Gasteiger partial charge in [-0.2, -0.15) is 0 Å². The standard InChI is InChI=1S/C27H44O3/c1-18(7-6-8-19(17-28)25(29)30)22-12-13-23-21-11-10-20-9-4-5-15-26(20,2)24(21)14-16-27(22,23)3/h17-18,20-24,29-30H,4-16H2,1-3H3/t18-,20?,21+,22-,23+,24+,26+,27-/m1/s1. The lowest BCUT2D eigenvalue weighted by Gasteiger charge is -2.61. The van der Waals surface area contributed by atoms with Crippen molar-refractivity contribution in [1.29, 1.82) is 0 Å². The Morgan fingerprint density at radius 2 is 1.73 bits per heavy atom. The first kappa shape index (κ1) is 22.2. The molecule has 0 aliphatic heterocycles. The van der Waals surface area contributed by atoms with Crippen LogP contribution in [0.3, 0.4) is 0 Å². The van der Waals surface area contributed by atoms with Crippen LogP contribution >= 0.6 is 0 Å². The van der Waals surface area contributed by atoms with E-state index in [4.69, 9.17) is 0 Å². The van der Waals surface area contributed by atoms with Crippen LogP contribution in [0.2, 0.25) is 0 Å². The maximum Gasteiger partial charge on any atom is 0.280 e. The average molecular weight is 417 g/mol. The molecule has 0 aromatic heterocycles. The molecule has 0 radical (unpaired) electrons. The Labute approximate surface area is 183 Å². The first-order chi connectivity index (χ1) is 14.3. The minimum atomic E-state index is -0.796. The van der Waals surface area contributed by atoms with Gasteiger partial charge in [-0.15, -0.1) is 0 Å².